The number of hydrogen-bond donors (Lipinski definition) is 1. The molecule has 1 N–H and O–H groups in total. The lowest BCUT2D eigenvalue weighted by Gasteiger charge is -2.23. The third-order valence-electron chi connectivity index (χ3n) is 2.67. The van der Waals surface area contributed by atoms with Crippen molar-refractivity contribution in [3.05, 3.63) is 12.3 Å². The summed E-state index contributed by atoms with van der Waals surface area (Å²) in [6.07, 6.45) is 1.66. The molecule has 1 aliphatic rings. The predicted molar refractivity (Wildman–Crippen MR) is 67.0 cm³/mol. The average Bonchev–Trinajstić information content (AvgIpc) is 2.48. The van der Waals surface area contributed by atoms with Crippen LogP contribution in [0.1, 0.15) is 40.5 Å². The van der Waals surface area contributed by atoms with Crippen LogP contribution >= 0.6 is 0 Å². The number of rotatable bonds is 3. The number of likely N-dealkylation sites (tertiary alicyclic amines) is 1. The highest BCUT2D eigenvalue weighted by molar-refractivity contribution is 5.77. The molecule has 1 atom stereocenters. The van der Waals surface area contributed by atoms with E-state index in [2.05, 4.69) is 32.7 Å². The fourth-order valence-corrected chi connectivity index (χ4v) is 2.02. The molecule has 0 aromatic heterocycles. The summed E-state index contributed by atoms with van der Waals surface area (Å²) in [5.41, 5.74) is 1.06. The molecular formula is C13H24N2O. The van der Waals surface area contributed by atoms with Gasteiger partial charge in [0.1, 0.15) is 0 Å². The van der Waals surface area contributed by atoms with Gasteiger partial charge in [0.05, 0.1) is 0 Å². The Hall–Kier alpha value is -0.990. The van der Waals surface area contributed by atoms with Crippen LogP contribution < -0.4 is 5.32 Å². The molecule has 1 rings (SSSR count). The number of nitrogens with zero attached hydrogens (tertiary/aromatic N) is 1. The first-order chi connectivity index (χ1) is 7.28. The van der Waals surface area contributed by atoms with E-state index in [9.17, 15) is 4.79 Å². The van der Waals surface area contributed by atoms with E-state index in [1.54, 1.807) is 0 Å². The van der Waals surface area contributed by atoms with Crippen LogP contribution in [0.3, 0.4) is 0 Å². The SMILES string of the molecule is C=C(C)N[C@H]1CCN(C(=O)CC(C)(C)C)C1. The minimum Gasteiger partial charge on any atom is -0.384 e. The Morgan fingerprint density at radius 3 is 2.62 bits per heavy atom. The topological polar surface area (TPSA) is 32.3 Å². The van der Waals surface area contributed by atoms with E-state index in [-0.39, 0.29) is 11.3 Å². The first-order valence-electron chi connectivity index (χ1n) is 5.98. The summed E-state index contributed by atoms with van der Waals surface area (Å²) in [5.74, 6) is 0.276. The van der Waals surface area contributed by atoms with Crippen molar-refractivity contribution in [2.24, 2.45) is 5.41 Å². The first-order valence-corrected chi connectivity index (χ1v) is 5.98. The number of allylic oxidation sites excluding steroid dienone is 1. The van der Waals surface area contributed by atoms with Crippen LogP contribution in [-0.4, -0.2) is 29.9 Å². The summed E-state index contributed by atoms with van der Waals surface area (Å²) >= 11 is 0. The molecule has 1 aliphatic heterocycles. The van der Waals surface area contributed by atoms with Gasteiger partial charge < -0.3 is 10.2 Å². The zero-order chi connectivity index (χ0) is 12.3. The Balaban J connectivity index is 2.41. The minimum absolute atomic E-state index is 0.0803. The van der Waals surface area contributed by atoms with Crippen molar-refractivity contribution in [3.63, 3.8) is 0 Å². The van der Waals surface area contributed by atoms with E-state index in [0.29, 0.717) is 12.5 Å². The van der Waals surface area contributed by atoms with Crippen molar-refractivity contribution in [2.75, 3.05) is 13.1 Å². The molecule has 3 nitrogen and oxygen atoms in total. The Morgan fingerprint density at radius 1 is 1.50 bits per heavy atom. The van der Waals surface area contributed by atoms with Crippen LogP contribution in [0.25, 0.3) is 0 Å². The summed E-state index contributed by atoms with van der Waals surface area (Å²) in [6, 6.07) is 0.390. The van der Waals surface area contributed by atoms with Gasteiger partial charge >= 0.3 is 0 Å². The lowest BCUT2D eigenvalue weighted by atomic mass is 9.92. The maximum Gasteiger partial charge on any atom is 0.223 e. The number of nitrogens with one attached hydrogen (secondary N) is 1. The number of carbonyl (C=O) groups excluding carboxylic acids is 1. The number of hydrogen-bond acceptors (Lipinski definition) is 2. The molecule has 1 amide bonds. The predicted octanol–water partition coefficient (Wildman–Crippen LogP) is 2.15. The van der Waals surface area contributed by atoms with Crippen LogP contribution in [-0.2, 0) is 4.79 Å². The molecular weight excluding hydrogens is 200 g/mol. The zero-order valence-corrected chi connectivity index (χ0v) is 11.0. The van der Waals surface area contributed by atoms with Gasteiger partial charge in [0, 0.05) is 31.2 Å². The molecule has 1 fully saturated rings. The van der Waals surface area contributed by atoms with E-state index in [0.717, 1.165) is 25.2 Å². The molecule has 1 heterocycles. The summed E-state index contributed by atoms with van der Waals surface area (Å²) in [5, 5.41) is 3.30. The molecule has 0 aromatic rings. The third kappa shape index (κ3) is 4.25. The fourth-order valence-electron chi connectivity index (χ4n) is 2.02. The Kier molecular flexibility index (Phi) is 4.00. The lowest BCUT2D eigenvalue weighted by Crippen LogP contribution is -2.35. The third-order valence-corrected chi connectivity index (χ3v) is 2.67. The van der Waals surface area contributed by atoms with Crippen molar-refractivity contribution in [2.45, 2.75) is 46.6 Å². The molecule has 0 saturated carbocycles. The lowest BCUT2D eigenvalue weighted by molar-refractivity contribution is -0.132. The molecule has 0 spiro atoms. The normalized spacial score (nSPS) is 21.0. The monoisotopic (exact) mass is 224 g/mol. The summed E-state index contributed by atoms with van der Waals surface area (Å²) in [4.78, 5) is 13.9. The number of carbonyl (C=O) groups is 1. The van der Waals surface area contributed by atoms with Crippen LogP contribution in [0, 0.1) is 5.41 Å². The van der Waals surface area contributed by atoms with Gasteiger partial charge in [-0.1, -0.05) is 27.4 Å². The van der Waals surface area contributed by atoms with Gasteiger partial charge in [-0.2, -0.15) is 0 Å². The first kappa shape index (κ1) is 13.1. The molecule has 1 saturated heterocycles. The molecule has 0 radical (unpaired) electrons. The van der Waals surface area contributed by atoms with E-state index in [4.69, 9.17) is 0 Å². The summed E-state index contributed by atoms with van der Waals surface area (Å²) < 4.78 is 0. The minimum atomic E-state index is 0.0803. The maximum absolute atomic E-state index is 12.0. The van der Waals surface area contributed by atoms with Crippen molar-refractivity contribution < 1.29 is 4.79 Å². The molecule has 0 bridgehead atoms. The van der Waals surface area contributed by atoms with Crippen molar-refractivity contribution in [1.29, 1.82) is 0 Å². The van der Waals surface area contributed by atoms with Crippen molar-refractivity contribution >= 4 is 5.91 Å². The van der Waals surface area contributed by atoms with Gasteiger partial charge in [0.2, 0.25) is 5.91 Å². The second-order valence-corrected chi connectivity index (χ2v) is 5.99. The van der Waals surface area contributed by atoms with Gasteiger partial charge in [0.15, 0.2) is 0 Å². The molecule has 0 unspecified atom stereocenters. The second kappa shape index (κ2) is 4.89. The second-order valence-electron chi connectivity index (χ2n) is 5.99. The highest BCUT2D eigenvalue weighted by Gasteiger charge is 2.28. The van der Waals surface area contributed by atoms with Gasteiger partial charge in [-0.05, 0) is 18.8 Å². The standard InChI is InChI=1S/C13H24N2O/c1-10(2)14-11-6-7-15(9-11)12(16)8-13(3,4)5/h11,14H,1,6-9H2,2-5H3/t11-/m0/s1. The van der Waals surface area contributed by atoms with Gasteiger partial charge in [-0.3, -0.25) is 4.79 Å². The maximum atomic E-state index is 12.0. The molecule has 3 heteroatoms. The van der Waals surface area contributed by atoms with Crippen molar-refractivity contribution in [1.82, 2.24) is 10.2 Å². The Labute approximate surface area is 98.9 Å². The highest BCUT2D eigenvalue weighted by Crippen LogP contribution is 2.21. The largest absolute Gasteiger partial charge is 0.384 e. The summed E-state index contributed by atoms with van der Waals surface area (Å²) in [7, 11) is 0. The Morgan fingerprint density at radius 2 is 2.12 bits per heavy atom. The molecule has 0 aromatic carbocycles. The van der Waals surface area contributed by atoms with E-state index >= 15 is 0 Å². The fraction of sp³-hybridized carbons (Fsp3) is 0.769. The Bertz CT molecular complexity index is 278. The van der Waals surface area contributed by atoms with E-state index in [1.165, 1.54) is 0 Å². The smallest absolute Gasteiger partial charge is 0.223 e. The average molecular weight is 224 g/mol. The van der Waals surface area contributed by atoms with E-state index < -0.39 is 0 Å². The van der Waals surface area contributed by atoms with Crippen LogP contribution in [0.15, 0.2) is 12.3 Å². The quantitative estimate of drug-likeness (QED) is 0.796. The van der Waals surface area contributed by atoms with E-state index in [1.807, 2.05) is 11.8 Å². The van der Waals surface area contributed by atoms with Gasteiger partial charge in [-0.25, -0.2) is 0 Å². The molecule has 92 valence electrons. The molecule has 0 aliphatic carbocycles. The highest BCUT2D eigenvalue weighted by atomic mass is 16.2. The van der Waals surface area contributed by atoms with Crippen LogP contribution in [0.5, 0.6) is 0 Å². The van der Waals surface area contributed by atoms with Crippen LogP contribution in [0.2, 0.25) is 0 Å². The summed E-state index contributed by atoms with van der Waals surface area (Å²) in [6.45, 7) is 13.8. The van der Waals surface area contributed by atoms with Gasteiger partial charge in [0.25, 0.3) is 0 Å². The molecule has 16 heavy (non-hydrogen) atoms. The van der Waals surface area contributed by atoms with Crippen molar-refractivity contribution in [3.8, 4) is 0 Å². The van der Waals surface area contributed by atoms with Gasteiger partial charge in [-0.15, -0.1) is 0 Å². The number of amides is 1. The zero-order valence-electron chi connectivity index (χ0n) is 11.0. The van der Waals surface area contributed by atoms with Crippen LogP contribution in [0.4, 0.5) is 0 Å².